The summed E-state index contributed by atoms with van der Waals surface area (Å²) in [7, 11) is 1.58. The number of rotatable bonds is 4. The van der Waals surface area contributed by atoms with Crippen LogP contribution in [0.4, 0.5) is 11.4 Å². The summed E-state index contributed by atoms with van der Waals surface area (Å²) in [4.78, 5) is 28.8. The number of ether oxygens (including phenoxy) is 2. The van der Waals surface area contributed by atoms with Crippen molar-refractivity contribution in [2.45, 2.75) is 0 Å². The van der Waals surface area contributed by atoms with Gasteiger partial charge < -0.3 is 14.8 Å². The molecule has 2 aromatic carbocycles. The lowest BCUT2D eigenvalue weighted by Crippen LogP contribution is -2.31. The van der Waals surface area contributed by atoms with Crippen LogP contribution in [0.5, 0.6) is 5.75 Å². The van der Waals surface area contributed by atoms with Crippen molar-refractivity contribution in [2.75, 3.05) is 19.0 Å². The van der Waals surface area contributed by atoms with Crippen LogP contribution < -0.4 is 10.1 Å². The number of carbonyl (C=O) groups is 2. The molecule has 0 aromatic heterocycles. The molecule has 1 heterocycles. The van der Waals surface area contributed by atoms with E-state index in [0.29, 0.717) is 22.8 Å². The highest BCUT2D eigenvalue weighted by atomic mass is 79.9. The Bertz CT molecular complexity index is 816. The van der Waals surface area contributed by atoms with Gasteiger partial charge in [0.1, 0.15) is 12.4 Å². The number of cyclic esters (lactones) is 1. The summed E-state index contributed by atoms with van der Waals surface area (Å²) in [5.74, 6) is -1.41. The van der Waals surface area contributed by atoms with E-state index in [4.69, 9.17) is 9.47 Å². The Morgan fingerprint density at radius 1 is 1.20 bits per heavy atom. The summed E-state index contributed by atoms with van der Waals surface area (Å²) < 4.78 is 11.0. The van der Waals surface area contributed by atoms with Crippen LogP contribution in [0.2, 0.25) is 0 Å². The quantitative estimate of drug-likeness (QED) is 0.628. The molecule has 0 bridgehead atoms. The molecule has 2 aromatic rings. The molecule has 6 nitrogen and oxygen atoms in total. The number of methoxy groups -OCH3 is 1. The molecular weight excluding hydrogens is 388 g/mol. The van der Waals surface area contributed by atoms with Crippen LogP contribution in [0, 0.1) is 5.92 Å². The first kappa shape index (κ1) is 17.2. The van der Waals surface area contributed by atoms with Crippen LogP contribution in [0.15, 0.2) is 58.0 Å². The van der Waals surface area contributed by atoms with Gasteiger partial charge in [-0.2, -0.15) is 0 Å². The third kappa shape index (κ3) is 4.06. The van der Waals surface area contributed by atoms with Gasteiger partial charge in [-0.25, -0.2) is 0 Å². The lowest BCUT2D eigenvalue weighted by Gasteiger charge is -2.09. The van der Waals surface area contributed by atoms with Crippen molar-refractivity contribution in [3.63, 3.8) is 0 Å². The number of halogens is 1. The molecule has 1 aliphatic rings. The number of carbonyl (C=O) groups excluding carboxylic acids is 2. The van der Waals surface area contributed by atoms with E-state index in [-0.39, 0.29) is 6.61 Å². The normalized spacial score (nSPS) is 18.1. The Balaban J connectivity index is 1.79. The standard InChI is InChI=1S/C18H15BrN2O4/c1-24-14-8-6-12(7-9-14)20-15-10-25-18(23)16(15)17(22)21-13-4-2-11(19)3-5-13/h2-9,16H,10H2,1H3,(H,21,22). The average molecular weight is 403 g/mol. The second kappa shape index (κ2) is 7.48. The fourth-order valence-corrected chi connectivity index (χ4v) is 2.64. The molecule has 1 N–H and O–H groups in total. The maximum absolute atomic E-state index is 12.5. The zero-order chi connectivity index (χ0) is 17.8. The first-order valence-electron chi connectivity index (χ1n) is 7.51. The topological polar surface area (TPSA) is 77.0 Å². The molecule has 1 fully saturated rings. The number of hydrogen-bond donors (Lipinski definition) is 1. The number of anilines is 1. The number of nitrogens with zero attached hydrogens (tertiary/aromatic N) is 1. The van der Waals surface area contributed by atoms with Gasteiger partial charge in [0.15, 0.2) is 5.92 Å². The van der Waals surface area contributed by atoms with Gasteiger partial charge in [-0.1, -0.05) is 15.9 Å². The predicted molar refractivity (Wildman–Crippen MR) is 97.3 cm³/mol. The molecular formula is C18H15BrN2O4. The van der Waals surface area contributed by atoms with Crippen molar-refractivity contribution in [3.05, 3.63) is 53.0 Å². The minimum Gasteiger partial charge on any atom is -0.497 e. The van der Waals surface area contributed by atoms with Crippen LogP contribution in [0.3, 0.4) is 0 Å². The van der Waals surface area contributed by atoms with E-state index in [0.717, 1.165) is 4.47 Å². The van der Waals surface area contributed by atoms with E-state index in [1.54, 1.807) is 55.6 Å². The molecule has 1 aliphatic heterocycles. The monoisotopic (exact) mass is 402 g/mol. The predicted octanol–water partition coefficient (Wildman–Crippen LogP) is 3.34. The minimum absolute atomic E-state index is 0.00326. The summed E-state index contributed by atoms with van der Waals surface area (Å²) in [6.45, 7) is 0.00326. The van der Waals surface area contributed by atoms with E-state index in [1.165, 1.54) is 0 Å². The number of amides is 1. The fraction of sp³-hybridized carbons (Fsp3) is 0.167. The largest absolute Gasteiger partial charge is 0.497 e. The lowest BCUT2D eigenvalue weighted by atomic mass is 10.0. The Morgan fingerprint density at radius 2 is 1.88 bits per heavy atom. The molecule has 0 spiro atoms. The molecule has 128 valence electrons. The van der Waals surface area contributed by atoms with E-state index in [9.17, 15) is 9.59 Å². The highest BCUT2D eigenvalue weighted by molar-refractivity contribution is 9.10. The van der Waals surface area contributed by atoms with Crippen LogP contribution >= 0.6 is 15.9 Å². The van der Waals surface area contributed by atoms with Crippen molar-refractivity contribution < 1.29 is 19.1 Å². The van der Waals surface area contributed by atoms with Crippen molar-refractivity contribution in [2.24, 2.45) is 10.9 Å². The maximum Gasteiger partial charge on any atom is 0.324 e. The van der Waals surface area contributed by atoms with E-state index in [2.05, 4.69) is 26.2 Å². The fourth-order valence-electron chi connectivity index (χ4n) is 2.37. The van der Waals surface area contributed by atoms with Gasteiger partial charge in [0.25, 0.3) is 0 Å². The second-order valence-corrected chi connectivity index (χ2v) is 6.25. The zero-order valence-corrected chi connectivity index (χ0v) is 14.9. The maximum atomic E-state index is 12.5. The highest BCUT2D eigenvalue weighted by Crippen LogP contribution is 2.23. The van der Waals surface area contributed by atoms with Crippen molar-refractivity contribution >= 4 is 44.9 Å². The first-order chi connectivity index (χ1) is 12.1. The molecule has 0 saturated carbocycles. The van der Waals surface area contributed by atoms with Crippen LogP contribution in [0.25, 0.3) is 0 Å². The van der Waals surface area contributed by atoms with Gasteiger partial charge in [0, 0.05) is 10.2 Å². The summed E-state index contributed by atoms with van der Waals surface area (Å²) in [6, 6.07) is 14.1. The number of benzene rings is 2. The van der Waals surface area contributed by atoms with Gasteiger partial charge in [-0.05, 0) is 48.5 Å². The SMILES string of the molecule is COc1ccc(N=C2COC(=O)C2C(=O)Nc2ccc(Br)cc2)cc1. The Hall–Kier alpha value is -2.67. The van der Waals surface area contributed by atoms with E-state index < -0.39 is 17.8 Å². The van der Waals surface area contributed by atoms with E-state index in [1.807, 2.05) is 0 Å². The summed E-state index contributed by atoms with van der Waals surface area (Å²) in [6.07, 6.45) is 0. The van der Waals surface area contributed by atoms with Crippen molar-refractivity contribution in [3.8, 4) is 5.75 Å². The number of hydrogen-bond acceptors (Lipinski definition) is 5. The summed E-state index contributed by atoms with van der Waals surface area (Å²) in [5, 5.41) is 2.71. The summed E-state index contributed by atoms with van der Waals surface area (Å²) >= 11 is 3.33. The minimum atomic E-state index is -1.05. The average Bonchev–Trinajstić information content (AvgIpc) is 2.98. The molecule has 1 atom stereocenters. The third-order valence-corrected chi connectivity index (χ3v) is 4.18. The molecule has 1 amide bonds. The van der Waals surface area contributed by atoms with Crippen LogP contribution in [-0.4, -0.2) is 31.3 Å². The van der Waals surface area contributed by atoms with Crippen LogP contribution in [-0.2, 0) is 14.3 Å². The molecule has 1 saturated heterocycles. The van der Waals surface area contributed by atoms with Crippen molar-refractivity contribution in [1.82, 2.24) is 0 Å². The molecule has 0 aliphatic carbocycles. The van der Waals surface area contributed by atoms with Crippen molar-refractivity contribution in [1.29, 1.82) is 0 Å². The van der Waals surface area contributed by atoms with Crippen LogP contribution in [0.1, 0.15) is 0 Å². The van der Waals surface area contributed by atoms with Gasteiger partial charge in [-0.3, -0.25) is 14.6 Å². The third-order valence-electron chi connectivity index (χ3n) is 3.65. The number of esters is 1. The summed E-state index contributed by atoms with van der Waals surface area (Å²) in [5.41, 5.74) is 1.59. The van der Waals surface area contributed by atoms with Gasteiger partial charge in [-0.15, -0.1) is 0 Å². The molecule has 0 radical (unpaired) electrons. The molecule has 7 heteroatoms. The first-order valence-corrected chi connectivity index (χ1v) is 8.30. The Kier molecular flexibility index (Phi) is 5.14. The van der Waals surface area contributed by atoms with E-state index >= 15 is 0 Å². The molecule has 1 unspecified atom stereocenters. The number of aliphatic imine (C=N–C) groups is 1. The lowest BCUT2D eigenvalue weighted by molar-refractivity contribution is -0.143. The smallest absolute Gasteiger partial charge is 0.324 e. The van der Waals surface area contributed by atoms with Gasteiger partial charge in [0.2, 0.25) is 5.91 Å². The van der Waals surface area contributed by atoms with Gasteiger partial charge >= 0.3 is 5.97 Å². The Labute approximate surface area is 153 Å². The highest BCUT2D eigenvalue weighted by Gasteiger charge is 2.39. The number of nitrogens with one attached hydrogen (secondary N) is 1. The zero-order valence-electron chi connectivity index (χ0n) is 13.4. The molecule has 25 heavy (non-hydrogen) atoms. The van der Waals surface area contributed by atoms with Gasteiger partial charge in [0.05, 0.1) is 18.5 Å². The molecule has 3 rings (SSSR count). The Morgan fingerprint density at radius 3 is 2.52 bits per heavy atom. The second-order valence-electron chi connectivity index (χ2n) is 5.34.